The molecule has 7 nitrogen and oxygen atoms in total. The van der Waals surface area contributed by atoms with Crippen molar-refractivity contribution in [1.82, 2.24) is 29.8 Å². The molecule has 0 spiro atoms. The van der Waals surface area contributed by atoms with Crippen LogP contribution in [0.2, 0.25) is 5.02 Å². The highest BCUT2D eigenvalue weighted by Gasteiger charge is 2.21. The molecule has 1 saturated heterocycles. The van der Waals surface area contributed by atoms with Crippen LogP contribution in [0.1, 0.15) is 30.8 Å². The molecule has 3 aromatic rings. The van der Waals surface area contributed by atoms with Gasteiger partial charge in [0.1, 0.15) is 11.4 Å². The minimum atomic E-state index is -0.534. The smallest absolute Gasteiger partial charge is 0.128 e. The summed E-state index contributed by atoms with van der Waals surface area (Å²) >= 11 is 6.31. The van der Waals surface area contributed by atoms with E-state index in [1.807, 2.05) is 50.4 Å². The summed E-state index contributed by atoms with van der Waals surface area (Å²) in [5, 5.41) is 9.82. The molecule has 1 aliphatic rings. The van der Waals surface area contributed by atoms with E-state index in [0.717, 1.165) is 65.3 Å². The van der Waals surface area contributed by atoms with Gasteiger partial charge in [0, 0.05) is 31.6 Å². The maximum atomic E-state index is 6.31. The van der Waals surface area contributed by atoms with Gasteiger partial charge in [0.05, 0.1) is 28.1 Å². The van der Waals surface area contributed by atoms with E-state index in [0.29, 0.717) is 5.02 Å². The zero-order valence-corrected chi connectivity index (χ0v) is 22.7. The second kappa shape index (κ2) is 12.1. The van der Waals surface area contributed by atoms with E-state index in [9.17, 15) is 0 Å². The normalized spacial score (nSPS) is 14.6. The molecule has 0 radical (unpaired) electrons. The molecule has 2 aromatic heterocycles. The number of allylic oxidation sites excluding steroid dienone is 4. The topological polar surface area (TPSA) is 76.1 Å². The van der Waals surface area contributed by atoms with Crippen molar-refractivity contribution in [3.63, 3.8) is 0 Å². The Balaban J connectivity index is 0.000000206. The number of halogens is 1. The molecule has 1 fully saturated rings. The molecule has 1 aromatic carbocycles. The van der Waals surface area contributed by atoms with Crippen LogP contribution >= 0.6 is 11.6 Å². The molecule has 0 bridgehead atoms. The fourth-order valence-corrected chi connectivity index (χ4v) is 4.04. The summed E-state index contributed by atoms with van der Waals surface area (Å²) in [6.45, 7) is 23.2. The average Bonchev–Trinajstić information content (AvgIpc) is 3.38. The molecule has 0 saturated carbocycles. The minimum Gasteiger partial charge on any atom is -0.368 e. The van der Waals surface area contributed by atoms with Crippen molar-refractivity contribution in [2.24, 2.45) is 5.73 Å². The summed E-state index contributed by atoms with van der Waals surface area (Å²) in [7, 11) is 2.13. The molecule has 3 heterocycles. The Morgan fingerprint density at radius 2 is 1.78 bits per heavy atom. The highest BCUT2D eigenvalue weighted by Crippen LogP contribution is 2.27. The van der Waals surface area contributed by atoms with Gasteiger partial charge in [-0.2, -0.15) is 0 Å². The van der Waals surface area contributed by atoms with E-state index < -0.39 is 5.66 Å². The first-order valence-corrected chi connectivity index (χ1v) is 12.5. The second-order valence-electron chi connectivity index (χ2n) is 9.47. The summed E-state index contributed by atoms with van der Waals surface area (Å²) in [4.78, 5) is 9.17. The number of piperazine rings is 1. The molecular weight excluding hydrogens is 482 g/mol. The highest BCUT2D eigenvalue weighted by molar-refractivity contribution is 6.35. The van der Waals surface area contributed by atoms with Crippen molar-refractivity contribution in [2.75, 3.05) is 33.2 Å². The first-order chi connectivity index (χ1) is 17.6. The van der Waals surface area contributed by atoms with E-state index in [1.54, 1.807) is 22.9 Å². The highest BCUT2D eigenvalue weighted by atomic mass is 35.5. The van der Waals surface area contributed by atoms with Crippen molar-refractivity contribution < 1.29 is 0 Å². The molecular formula is C29H36ClN7. The van der Waals surface area contributed by atoms with Gasteiger partial charge in [-0.3, -0.25) is 0 Å². The first-order valence-electron chi connectivity index (χ1n) is 12.1. The number of benzene rings is 1. The Morgan fingerprint density at radius 1 is 1.08 bits per heavy atom. The number of hydrogen-bond donors (Lipinski definition) is 1. The van der Waals surface area contributed by atoms with Crippen LogP contribution in [0.15, 0.2) is 75.0 Å². The quantitative estimate of drug-likeness (QED) is 0.421. The average molecular weight is 518 g/mol. The first kappa shape index (κ1) is 28.1. The summed E-state index contributed by atoms with van der Waals surface area (Å²) in [5.41, 5.74) is 10.7. The van der Waals surface area contributed by atoms with E-state index in [4.69, 9.17) is 17.3 Å². The number of pyridine rings is 1. The fraction of sp³-hybridized carbons (Fsp3) is 0.276. The van der Waals surface area contributed by atoms with Crippen LogP contribution in [-0.4, -0.2) is 63.0 Å². The molecule has 0 atom stereocenters. The van der Waals surface area contributed by atoms with Crippen molar-refractivity contribution in [2.45, 2.75) is 19.5 Å². The number of rotatable bonds is 7. The number of nitrogens with zero attached hydrogens (tertiary/aromatic N) is 6. The van der Waals surface area contributed by atoms with Crippen molar-refractivity contribution in [1.29, 1.82) is 0 Å². The summed E-state index contributed by atoms with van der Waals surface area (Å²) in [6.07, 6.45) is 8.95. The second-order valence-corrected chi connectivity index (χ2v) is 9.88. The van der Waals surface area contributed by atoms with Crippen molar-refractivity contribution >= 4 is 39.9 Å². The molecule has 0 amide bonds. The molecule has 2 N–H and O–H groups in total. The van der Waals surface area contributed by atoms with Crippen LogP contribution in [0, 0.1) is 0 Å². The lowest BCUT2D eigenvalue weighted by atomic mass is 10.1. The summed E-state index contributed by atoms with van der Waals surface area (Å²) in [6, 6.07) is 7.73. The van der Waals surface area contributed by atoms with Crippen molar-refractivity contribution in [3.05, 3.63) is 97.0 Å². The van der Waals surface area contributed by atoms with Gasteiger partial charge in [0.2, 0.25) is 0 Å². The Bertz CT molecular complexity index is 1320. The van der Waals surface area contributed by atoms with Gasteiger partial charge in [-0.15, -0.1) is 5.10 Å². The summed E-state index contributed by atoms with van der Waals surface area (Å²) < 4.78 is 1.67. The van der Waals surface area contributed by atoms with Gasteiger partial charge < -0.3 is 15.5 Å². The molecule has 4 rings (SSSR count). The monoisotopic (exact) mass is 517 g/mol. The van der Waals surface area contributed by atoms with Crippen molar-refractivity contribution in [3.8, 4) is 0 Å². The van der Waals surface area contributed by atoms with E-state index in [1.165, 1.54) is 0 Å². The van der Waals surface area contributed by atoms with Gasteiger partial charge >= 0.3 is 0 Å². The van der Waals surface area contributed by atoms with Gasteiger partial charge in [-0.1, -0.05) is 79.6 Å². The van der Waals surface area contributed by atoms with Gasteiger partial charge in [0.15, 0.2) is 0 Å². The predicted octanol–water partition coefficient (Wildman–Crippen LogP) is 5.43. The minimum absolute atomic E-state index is 0.534. The zero-order valence-electron chi connectivity index (χ0n) is 22.0. The van der Waals surface area contributed by atoms with Gasteiger partial charge in [-0.25, -0.2) is 9.67 Å². The van der Waals surface area contributed by atoms with Gasteiger partial charge in [-0.05, 0) is 44.2 Å². The maximum absolute atomic E-state index is 6.31. The zero-order chi connectivity index (χ0) is 27.2. The Labute approximate surface area is 224 Å². The van der Waals surface area contributed by atoms with E-state index >= 15 is 0 Å². The maximum Gasteiger partial charge on any atom is 0.128 e. The molecule has 0 aliphatic carbocycles. The molecule has 8 heteroatoms. The standard InChI is InChI=1S/C17H14ClN.C12H22N6/c1-4-7-13(6-3)16-11-15(18)14-9-8-12(5-2)10-17(14)19-16;1-10(17-7-5-16(4)6-8-17)11-9-18(15-14-11)12(2,3)13/h4-11H,1-3H2;9H,1,5-8,13H2,2-4H3/b13-7+;. The lowest BCUT2D eigenvalue weighted by molar-refractivity contribution is 0.207. The van der Waals surface area contributed by atoms with Crippen LogP contribution in [0.25, 0.3) is 28.2 Å². The third kappa shape index (κ3) is 7.04. The molecule has 1 aliphatic heterocycles. The predicted molar refractivity (Wildman–Crippen MR) is 157 cm³/mol. The van der Waals surface area contributed by atoms with E-state index in [-0.39, 0.29) is 0 Å². The van der Waals surface area contributed by atoms with E-state index in [2.05, 4.69) is 58.5 Å². The number of aromatic nitrogens is 4. The largest absolute Gasteiger partial charge is 0.368 e. The van der Waals surface area contributed by atoms with Crippen LogP contribution in [-0.2, 0) is 5.66 Å². The third-order valence-electron chi connectivity index (χ3n) is 6.10. The number of likely N-dealkylation sites (N-methyl/N-ethyl adjacent to an activating group) is 1. The van der Waals surface area contributed by atoms with Crippen LogP contribution in [0.5, 0.6) is 0 Å². The fourth-order valence-electron chi connectivity index (χ4n) is 3.78. The molecule has 194 valence electrons. The number of nitrogens with two attached hydrogens (primary N) is 1. The lowest BCUT2D eigenvalue weighted by Crippen LogP contribution is -2.43. The summed E-state index contributed by atoms with van der Waals surface area (Å²) in [5.74, 6) is 0. The van der Waals surface area contributed by atoms with Crippen LogP contribution in [0.3, 0.4) is 0 Å². The molecule has 0 unspecified atom stereocenters. The van der Waals surface area contributed by atoms with Gasteiger partial charge in [0.25, 0.3) is 0 Å². The van der Waals surface area contributed by atoms with Crippen LogP contribution in [0.4, 0.5) is 0 Å². The molecule has 37 heavy (non-hydrogen) atoms. The van der Waals surface area contributed by atoms with Crippen LogP contribution < -0.4 is 5.73 Å². The SMILES string of the molecule is C=C(c1cn(C(C)(C)N)nn1)N1CCN(C)CC1.C=C/C=C(\C=C)c1cc(Cl)c2ccc(C=C)cc2n1. The Morgan fingerprint density at radius 3 is 2.35 bits per heavy atom. The Kier molecular flexibility index (Phi) is 9.21. The number of hydrogen-bond acceptors (Lipinski definition) is 6. The Hall–Kier alpha value is -3.52. The number of fused-ring (bicyclic) bond motifs is 1. The lowest BCUT2D eigenvalue weighted by Gasteiger charge is -2.34. The third-order valence-corrected chi connectivity index (χ3v) is 6.41.